The summed E-state index contributed by atoms with van der Waals surface area (Å²) in [7, 11) is 4.20. The maximum atomic E-state index is 11.4. The summed E-state index contributed by atoms with van der Waals surface area (Å²) < 4.78 is 0. The topological polar surface area (TPSA) is 87.0 Å². The lowest BCUT2D eigenvalue weighted by Crippen LogP contribution is -2.47. The fourth-order valence-electron chi connectivity index (χ4n) is 2.61. The fraction of sp³-hybridized carbons (Fsp3) is 0.667. The summed E-state index contributed by atoms with van der Waals surface area (Å²) in [5.74, 6) is 0.479. The number of nitrogens with two attached hydrogens (primary N) is 1. The van der Waals surface area contributed by atoms with Gasteiger partial charge in [-0.05, 0) is 26.9 Å². The van der Waals surface area contributed by atoms with Crippen molar-refractivity contribution in [3.8, 4) is 0 Å². The maximum absolute atomic E-state index is 11.4. The Hall–Kier alpha value is -1.56. The molecule has 0 radical (unpaired) electrons. The largest absolute Gasteiger partial charge is 0.391 e. The van der Waals surface area contributed by atoms with E-state index in [9.17, 15) is 4.79 Å². The van der Waals surface area contributed by atoms with Crippen LogP contribution in [0.3, 0.4) is 0 Å². The molecule has 1 fully saturated rings. The van der Waals surface area contributed by atoms with Crippen molar-refractivity contribution < 1.29 is 0 Å². The summed E-state index contributed by atoms with van der Waals surface area (Å²) >= 11 is 0. The van der Waals surface area contributed by atoms with Gasteiger partial charge in [-0.25, -0.2) is 4.98 Å². The van der Waals surface area contributed by atoms with Crippen molar-refractivity contribution >= 4 is 11.5 Å². The second kappa shape index (κ2) is 4.97. The van der Waals surface area contributed by atoms with Crippen LogP contribution >= 0.6 is 0 Å². The number of aromatic nitrogens is 2. The number of H-pyrrole nitrogens is 1. The second-order valence-electron chi connectivity index (χ2n) is 5.17. The Morgan fingerprint density at radius 2 is 2.17 bits per heavy atom. The van der Waals surface area contributed by atoms with E-state index in [4.69, 9.17) is 5.73 Å². The normalized spacial score (nSPS) is 18.2. The quantitative estimate of drug-likeness (QED) is 0.731. The van der Waals surface area contributed by atoms with E-state index in [2.05, 4.69) is 34.3 Å². The summed E-state index contributed by atoms with van der Waals surface area (Å²) in [5.41, 5.74) is 5.72. The van der Waals surface area contributed by atoms with Gasteiger partial charge < -0.3 is 20.9 Å². The van der Waals surface area contributed by atoms with Crippen LogP contribution in [-0.2, 0) is 0 Å². The molecule has 0 bridgehead atoms. The summed E-state index contributed by atoms with van der Waals surface area (Å²) in [6, 6.07) is 0. The molecular formula is C12H21N5O. The van der Waals surface area contributed by atoms with Gasteiger partial charge in [-0.15, -0.1) is 0 Å². The van der Waals surface area contributed by atoms with Crippen LogP contribution in [0.25, 0.3) is 0 Å². The van der Waals surface area contributed by atoms with Crippen LogP contribution in [-0.4, -0.2) is 41.0 Å². The van der Waals surface area contributed by atoms with Gasteiger partial charge in [0.25, 0.3) is 5.56 Å². The molecule has 6 nitrogen and oxygen atoms in total. The van der Waals surface area contributed by atoms with E-state index in [-0.39, 0.29) is 16.8 Å². The zero-order chi connectivity index (χ0) is 13.2. The van der Waals surface area contributed by atoms with Crippen LogP contribution < -0.4 is 16.6 Å². The van der Waals surface area contributed by atoms with Gasteiger partial charge in [0.15, 0.2) is 5.82 Å². The van der Waals surface area contributed by atoms with Gasteiger partial charge in [0.1, 0.15) is 5.69 Å². The van der Waals surface area contributed by atoms with Gasteiger partial charge in [-0.2, -0.15) is 0 Å². The molecule has 100 valence electrons. The van der Waals surface area contributed by atoms with E-state index in [0.717, 1.165) is 19.4 Å². The minimum atomic E-state index is -0.294. The molecule has 0 saturated heterocycles. The minimum absolute atomic E-state index is 0.150. The molecule has 6 heteroatoms. The Kier molecular flexibility index (Phi) is 3.56. The van der Waals surface area contributed by atoms with Crippen molar-refractivity contribution in [1.82, 2.24) is 14.9 Å². The highest BCUT2D eigenvalue weighted by molar-refractivity contribution is 5.59. The van der Waals surface area contributed by atoms with Crippen molar-refractivity contribution in [2.24, 2.45) is 0 Å². The SMILES string of the molecule is CN(C)C1(CNc2nc[nH]c(=O)c2N)CCCC1. The first-order valence-corrected chi connectivity index (χ1v) is 6.30. The molecule has 0 atom stereocenters. The van der Waals surface area contributed by atoms with E-state index in [0.29, 0.717) is 5.82 Å². The zero-order valence-electron chi connectivity index (χ0n) is 11.0. The molecular weight excluding hydrogens is 230 g/mol. The lowest BCUT2D eigenvalue weighted by Gasteiger charge is -2.36. The van der Waals surface area contributed by atoms with Gasteiger partial charge in [0.2, 0.25) is 0 Å². The molecule has 2 rings (SSSR count). The molecule has 4 N–H and O–H groups in total. The average molecular weight is 251 g/mol. The average Bonchev–Trinajstić information content (AvgIpc) is 2.81. The molecule has 1 saturated carbocycles. The molecule has 0 aromatic carbocycles. The molecule has 0 unspecified atom stereocenters. The van der Waals surface area contributed by atoms with Gasteiger partial charge in [-0.3, -0.25) is 4.79 Å². The third kappa shape index (κ3) is 2.33. The first-order chi connectivity index (χ1) is 8.55. The predicted octanol–water partition coefficient (Wildman–Crippen LogP) is 0.638. The van der Waals surface area contributed by atoms with Crippen molar-refractivity contribution in [2.75, 3.05) is 31.7 Å². The Morgan fingerprint density at radius 3 is 2.78 bits per heavy atom. The lowest BCUT2D eigenvalue weighted by molar-refractivity contribution is 0.172. The van der Waals surface area contributed by atoms with Crippen LogP contribution in [0.2, 0.25) is 0 Å². The number of aromatic amines is 1. The van der Waals surface area contributed by atoms with Gasteiger partial charge >= 0.3 is 0 Å². The summed E-state index contributed by atoms with van der Waals surface area (Å²) in [5, 5.41) is 3.22. The van der Waals surface area contributed by atoms with Crippen LogP contribution in [0.5, 0.6) is 0 Å². The zero-order valence-corrected chi connectivity index (χ0v) is 11.0. The van der Waals surface area contributed by atoms with Crippen LogP contribution in [0.4, 0.5) is 11.5 Å². The highest BCUT2D eigenvalue weighted by atomic mass is 16.1. The smallest absolute Gasteiger partial charge is 0.276 e. The molecule has 1 aromatic rings. The third-order valence-electron chi connectivity index (χ3n) is 3.96. The lowest BCUT2D eigenvalue weighted by atomic mass is 9.96. The number of hydrogen-bond donors (Lipinski definition) is 3. The number of nitrogens with zero attached hydrogens (tertiary/aromatic N) is 2. The van der Waals surface area contributed by atoms with E-state index in [1.807, 2.05) is 0 Å². The summed E-state index contributed by atoms with van der Waals surface area (Å²) in [4.78, 5) is 20.2. The minimum Gasteiger partial charge on any atom is -0.391 e. The molecule has 1 aromatic heterocycles. The Bertz CT molecular complexity index is 462. The monoisotopic (exact) mass is 251 g/mol. The van der Waals surface area contributed by atoms with Crippen molar-refractivity contribution in [2.45, 2.75) is 31.2 Å². The van der Waals surface area contributed by atoms with Crippen molar-refractivity contribution in [1.29, 1.82) is 0 Å². The summed E-state index contributed by atoms with van der Waals surface area (Å²) in [6.45, 7) is 0.765. The molecule has 1 aliphatic rings. The molecule has 1 aliphatic carbocycles. The van der Waals surface area contributed by atoms with E-state index < -0.39 is 0 Å². The van der Waals surface area contributed by atoms with Gasteiger partial charge in [-0.1, -0.05) is 12.8 Å². The number of hydrogen-bond acceptors (Lipinski definition) is 5. The van der Waals surface area contributed by atoms with Crippen molar-refractivity contribution in [3.63, 3.8) is 0 Å². The Morgan fingerprint density at radius 1 is 1.50 bits per heavy atom. The molecule has 1 heterocycles. The molecule has 0 aliphatic heterocycles. The third-order valence-corrected chi connectivity index (χ3v) is 3.96. The number of nitrogens with one attached hydrogen (secondary N) is 2. The first-order valence-electron chi connectivity index (χ1n) is 6.30. The molecule has 18 heavy (non-hydrogen) atoms. The maximum Gasteiger partial charge on any atom is 0.276 e. The standard InChI is InChI=1S/C12H21N5O/c1-17(2)12(5-3-4-6-12)7-14-10-9(13)11(18)16-8-15-10/h8H,3-7,13H2,1-2H3,(H2,14,15,16,18). The fourth-order valence-corrected chi connectivity index (χ4v) is 2.61. The number of likely N-dealkylation sites (N-methyl/N-ethyl adjacent to an activating group) is 1. The van der Waals surface area contributed by atoms with Gasteiger partial charge in [0.05, 0.1) is 6.33 Å². The predicted molar refractivity (Wildman–Crippen MR) is 72.6 cm³/mol. The van der Waals surface area contributed by atoms with Crippen LogP contribution in [0.15, 0.2) is 11.1 Å². The van der Waals surface area contributed by atoms with E-state index in [1.54, 1.807) is 0 Å². The second-order valence-corrected chi connectivity index (χ2v) is 5.17. The highest BCUT2D eigenvalue weighted by Gasteiger charge is 2.35. The molecule has 0 amide bonds. The first kappa shape index (κ1) is 12.9. The summed E-state index contributed by atoms with van der Waals surface area (Å²) in [6.07, 6.45) is 6.19. The number of rotatable bonds is 4. The number of nitrogen functional groups attached to an aromatic ring is 1. The number of anilines is 2. The Balaban J connectivity index is 2.11. The van der Waals surface area contributed by atoms with E-state index >= 15 is 0 Å². The van der Waals surface area contributed by atoms with Crippen LogP contribution in [0.1, 0.15) is 25.7 Å². The highest BCUT2D eigenvalue weighted by Crippen LogP contribution is 2.33. The van der Waals surface area contributed by atoms with Gasteiger partial charge in [0, 0.05) is 12.1 Å². The van der Waals surface area contributed by atoms with Crippen LogP contribution in [0, 0.1) is 0 Å². The molecule has 0 spiro atoms. The Labute approximate surface area is 107 Å². The van der Waals surface area contributed by atoms with Crippen molar-refractivity contribution in [3.05, 3.63) is 16.7 Å². The van der Waals surface area contributed by atoms with E-state index in [1.165, 1.54) is 19.2 Å².